The number of nitro benzene ring substituents is 1. The van der Waals surface area contributed by atoms with Crippen molar-refractivity contribution in [2.45, 2.75) is 13.8 Å². The Morgan fingerprint density at radius 2 is 1.78 bits per heavy atom. The zero-order valence-corrected chi connectivity index (χ0v) is 12.6. The predicted molar refractivity (Wildman–Crippen MR) is 86.7 cm³/mol. The molecule has 0 bridgehead atoms. The van der Waals surface area contributed by atoms with E-state index >= 15 is 0 Å². The number of nitrogens with one attached hydrogen (secondary N) is 1. The zero-order valence-electron chi connectivity index (χ0n) is 12.6. The van der Waals surface area contributed by atoms with E-state index in [1.54, 1.807) is 0 Å². The molecule has 23 heavy (non-hydrogen) atoms. The van der Waals surface area contributed by atoms with E-state index in [0.29, 0.717) is 11.4 Å². The van der Waals surface area contributed by atoms with Crippen LogP contribution in [0.2, 0.25) is 0 Å². The number of nitro groups is 1. The molecule has 0 aliphatic rings. The Bertz CT molecular complexity index is 927. The first-order valence-electron chi connectivity index (χ1n) is 6.94. The maximum absolute atomic E-state index is 10.6. The van der Waals surface area contributed by atoms with Gasteiger partial charge in [0.1, 0.15) is 0 Å². The van der Waals surface area contributed by atoms with Crippen molar-refractivity contribution in [1.29, 1.82) is 0 Å². The minimum absolute atomic E-state index is 0.00927. The number of azo groups is 1. The number of benzene rings is 2. The normalized spacial score (nSPS) is 11.4. The Morgan fingerprint density at radius 3 is 2.43 bits per heavy atom. The first-order valence-corrected chi connectivity index (χ1v) is 6.94. The minimum Gasteiger partial charge on any atom is -0.493 e. The highest BCUT2D eigenvalue weighted by molar-refractivity contribution is 5.96. The molecule has 0 fully saturated rings. The number of hydrogen-bond donors (Lipinski definition) is 2. The van der Waals surface area contributed by atoms with E-state index in [1.165, 1.54) is 24.3 Å². The smallest absolute Gasteiger partial charge is 0.269 e. The summed E-state index contributed by atoms with van der Waals surface area (Å²) in [7, 11) is 0. The Labute approximate surface area is 131 Å². The second-order valence-corrected chi connectivity index (χ2v) is 5.23. The molecule has 1 heterocycles. The van der Waals surface area contributed by atoms with Gasteiger partial charge in [0, 0.05) is 17.5 Å². The topological polar surface area (TPSA) is 104 Å². The van der Waals surface area contributed by atoms with Gasteiger partial charge in [0.15, 0.2) is 5.69 Å². The van der Waals surface area contributed by atoms with E-state index in [4.69, 9.17) is 0 Å². The van der Waals surface area contributed by atoms with Gasteiger partial charge in [0.05, 0.1) is 16.1 Å². The van der Waals surface area contributed by atoms with Gasteiger partial charge < -0.3 is 10.1 Å². The molecule has 2 aromatic carbocycles. The summed E-state index contributed by atoms with van der Waals surface area (Å²) in [6, 6.07) is 9.55. The van der Waals surface area contributed by atoms with Gasteiger partial charge >= 0.3 is 0 Å². The number of aromatic amines is 1. The van der Waals surface area contributed by atoms with Gasteiger partial charge in [-0.1, -0.05) is 12.1 Å². The second kappa shape index (κ2) is 5.53. The maximum Gasteiger partial charge on any atom is 0.269 e. The van der Waals surface area contributed by atoms with Crippen molar-refractivity contribution >= 4 is 28.0 Å². The minimum atomic E-state index is -0.475. The van der Waals surface area contributed by atoms with E-state index in [0.717, 1.165) is 22.0 Å². The number of aromatic hydroxyl groups is 1. The molecule has 0 saturated heterocycles. The average molecular weight is 310 g/mol. The summed E-state index contributed by atoms with van der Waals surface area (Å²) in [6.07, 6.45) is 0. The lowest BCUT2D eigenvalue weighted by molar-refractivity contribution is -0.384. The monoisotopic (exact) mass is 310 g/mol. The third-order valence-corrected chi connectivity index (χ3v) is 3.78. The summed E-state index contributed by atoms with van der Waals surface area (Å²) in [5.41, 5.74) is 3.77. The highest BCUT2D eigenvalue weighted by atomic mass is 16.6. The fraction of sp³-hybridized carbons (Fsp3) is 0.125. The van der Waals surface area contributed by atoms with Crippen molar-refractivity contribution in [3.63, 3.8) is 0 Å². The van der Waals surface area contributed by atoms with Crippen LogP contribution in [0.1, 0.15) is 11.1 Å². The SMILES string of the molecule is Cc1ccc2c(N=Nc3ccc([N+](=O)[O-])cc3)c(O)[nH]c2c1C. The van der Waals surface area contributed by atoms with Crippen molar-refractivity contribution in [2.75, 3.05) is 0 Å². The van der Waals surface area contributed by atoms with Crippen LogP contribution in [-0.4, -0.2) is 15.0 Å². The van der Waals surface area contributed by atoms with Crippen LogP contribution in [0.4, 0.5) is 17.1 Å². The summed E-state index contributed by atoms with van der Waals surface area (Å²) >= 11 is 0. The van der Waals surface area contributed by atoms with Crippen molar-refractivity contribution < 1.29 is 10.0 Å². The summed E-state index contributed by atoms with van der Waals surface area (Å²) in [5, 5.41) is 29.6. The number of fused-ring (bicyclic) bond motifs is 1. The lowest BCUT2D eigenvalue weighted by Crippen LogP contribution is -1.85. The van der Waals surface area contributed by atoms with Gasteiger partial charge in [0.25, 0.3) is 5.69 Å². The number of rotatable bonds is 3. The first-order chi connectivity index (χ1) is 11.0. The Kier molecular flexibility index (Phi) is 3.53. The maximum atomic E-state index is 10.6. The largest absolute Gasteiger partial charge is 0.493 e. The Morgan fingerprint density at radius 1 is 1.09 bits per heavy atom. The van der Waals surface area contributed by atoms with Crippen LogP contribution < -0.4 is 0 Å². The van der Waals surface area contributed by atoms with Crippen molar-refractivity contribution in [3.05, 3.63) is 57.6 Å². The Balaban J connectivity index is 1.99. The zero-order chi connectivity index (χ0) is 16.6. The fourth-order valence-corrected chi connectivity index (χ4v) is 2.33. The molecular formula is C16H14N4O3. The molecule has 0 atom stereocenters. The molecule has 1 aromatic heterocycles. The third kappa shape index (κ3) is 2.64. The molecule has 7 nitrogen and oxygen atoms in total. The van der Waals surface area contributed by atoms with E-state index < -0.39 is 4.92 Å². The number of nitrogens with zero attached hydrogens (tertiary/aromatic N) is 3. The van der Waals surface area contributed by atoms with Crippen molar-refractivity contribution in [3.8, 4) is 5.88 Å². The number of non-ortho nitro benzene ring substituents is 1. The average Bonchev–Trinajstić information content (AvgIpc) is 2.86. The predicted octanol–water partition coefficient (Wildman–Crippen LogP) is 4.81. The van der Waals surface area contributed by atoms with Crippen LogP contribution in [0.25, 0.3) is 10.9 Å². The number of H-pyrrole nitrogens is 1. The van der Waals surface area contributed by atoms with Gasteiger partial charge in [0.2, 0.25) is 5.88 Å². The van der Waals surface area contributed by atoms with E-state index in [2.05, 4.69) is 15.2 Å². The van der Waals surface area contributed by atoms with Crippen LogP contribution >= 0.6 is 0 Å². The van der Waals surface area contributed by atoms with Crippen LogP contribution in [0.15, 0.2) is 46.6 Å². The van der Waals surface area contributed by atoms with Gasteiger partial charge in [-0.25, -0.2) is 0 Å². The molecule has 3 rings (SSSR count). The summed E-state index contributed by atoms with van der Waals surface area (Å²) in [4.78, 5) is 13.1. The molecule has 7 heteroatoms. The molecule has 0 radical (unpaired) electrons. The molecule has 0 aliphatic carbocycles. The Hall–Kier alpha value is -3.22. The van der Waals surface area contributed by atoms with E-state index in [9.17, 15) is 15.2 Å². The molecule has 0 aliphatic heterocycles. The molecular weight excluding hydrogens is 296 g/mol. The summed E-state index contributed by atoms with van der Waals surface area (Å²) in [5.74, 6) is -0.0561. The number of aromatic nitrogens is 1. The fourth-order valence-electron chi connectivity index (χ4n) is 2.33. The van der Waals surface area contributed by atoms with Crippen LogP contribution in [0.3, 0.4) is 0 Å². The van der Waals surface area contributed by atoms with E-state index in [1.807, 2.05) is 26.0 Å². The molecule has 2 N–H and O–H groups in total. The van der Waals surface area contributed by atoms with Crippen molar-refractivity contribution in [2.24, 2.45) is 10.2 Å². The molecule has 3 aromatic rings. The summed E-state index contributed by atoms with van der Waals surface area (Å²) < 4.78 is 0. The van der Waals surface area contributed by atoms with Gasteiger partial charge in [-0.05, 0) is 37.1 Å². The molecule has 0 unspecified atom stereocenters. The summed E-state index contributed by atoms with van der Waals surface area (Å²) in [6.45, 7) is 3.95. The quantitative estimate of drug-likeness (QED) is 0.412. The van der Waals surface area contributed by atoms with Gasteiger partial charge in [-0.2, -0.15) is 5.11 Å². The highest BCUT2D eigenvalue weighted by Gasteiger charge is 2.13. The molecule has 116 valence electrons. The second-order valence-electron chi connectivity index (χ2n) is 5.23. The first kappa shape index (κ1) is 14.7. The molecule has 0 spiro atoms. The van der Waals surface area contributed by atoms with Crippen LogP contribution in [0.5, 0.6) is 5.88 Å². The van der Waals surface area contributed by atoms with Gasteiger partial charge in [-0.15, -0.1) is 5.11 Å². The lowest BCUT2D eigenvalue weighted by Gasteiger charge is -2.00. The lowest BCUT2D eigenvalue weighted by atomic mass is 10.1. The number of hydrogen-bond acceptors (Lipinski definition) is 5. The highest BCUT2D eigenvalue weighted by Crippen LogP contribution is 2.38. The molecule has 0 saturated carbocycles. The third-order valence-electron chi connectivity index (χ3n) is 3.78. The standard InChI is InChI=1S/C16H14N4O3/c1-9-3-8-13-14(10(9)2)17-16(21)15(13)19-18-11-4-6-12(7-5-11)20(22)23/h3-8,17,21H,1-2H3. The van der Waals surface area contributed by atoms with Crippen LogP contribution in [-0.2, 0) is 0 Å². The molecule has 0 amide bonds. The van der Waals surface area contributed by atoms with Gasteiger partial charge in [-0.3, -0.25) is 10.1 Å². The van der Waals surface area contributed by atoms with Crippen LogP contribution in [0, 0.1) is 24.0 Å². The number of aryl methyl sites for hydroxylation is 2. The van der Waals surface area contributed by atoms with E-state index in [-0.39, 0.29) is 11.6 Å². The van der Waals surface area contributed by atoms with Crippen molar-refractivity contribution in [1.82, 2.24) is 4.98 Å².